The highest BCUT2D eigenvalue weighted by atomic mass is 32.2. The van der Waals surface area contributed by atoms with Crippen molar-refractivity contribution < 1.29 is 13.2 Å². The Bertz CT molecular complexity index is 471. The molecule has 0 aliphatic heterocycles. The Labute approximate surface area is 109 Å². The average molecular weight is 271 g/mol. The minimum Gasteiger partial charge on any atom is -0.496 e. The predicted molar refractivity (Wildman–Crippen MR) is 73.6 cm³/mol. The van der Waals surface area contributed by atoms with Crippen molar-refractivity contribution in [3.63, 3.8) is 0 Å². The first-order valence-electron chi connectivity index (χ1n) is 6.04. The Balaban J connectivity index is 2.55. The molecule has 18 heavy (non-hydrogen) atoms. The molecular weight excluding hydrogens is 250 g/mol. The Kier molecular flexibility index (Phi) is 5.62. The number of para-hydroxylation sites is 1. The Morgan fingerprint density at radius 3 is 2.61 bits per heavy atom. The third-order valence-electron chi connectivity index (χ3n) is 2.78. The Morgan fingerprint density at radius 2 is 2.00 bits per heavy atom. The van der Waals surface area contributed by atoms with Gasteiger partial charge in [-0.1, -0.05) is 25.1 Å². The number of sulfone groups is 1. The highest BCUT2D eigenvalue weighted by molar-refractivity contribution is 7.91. The first-order valence-corrected chi connectivity index (χ1v) is 7.86. The zero-order valence-corrected chi connectivity index (χ0v) is 12.0. The quantitative estimate of drug-likeness (QED) is 0.818. The molecule has 1 atom stereocenters. The molecule has 1 unspecified atom stereocenters. The van der Waals surface area contributed by atoms with Crippen molar-refractivity contribution >= 4 is 9.84 Å². The van der Waals surface area contributed by atoms with E-state index in [1.54, 1.807) is 14.0 Å². The molecule has 0 saturated heterocycles. The Hall–Kier alpha value is -1.07. The van der Waals surface area contributed by atoms with Crippen molar-refractivity contribution in [3.05, 3.63) is 29.8 Å². The molecule has 1 aromatic rings. The molecule has 0 aromatic heterocycles. The van der Waals surface area contributed by atoms with Crippen LogP contribution in [0.3, 0.4) is 0 Å². The average Bonchev–Trinajstić information content (AvgIpc) is 2.36. The Morgan fingerprint density at radius 1 is 1.33 bits per heavy atom. The van der Waals surface area contributed by atoms with Crippen LogP contribution in [0.2, 0.25) is 0 Å². The summed E-state index contributed by atoms with van der Waals surface area (Å²) in [7, 11) is -1.30. The second-order valence-electron chi connectivity index (χ2n) is 4.29. The summed E-state index contributed by atoms with van der Waals surface area (Å²) >= 11 is 0. The topological polar surface area (TPSA) is 55.4 Å². The zero-order chi connectivity index (χ0) is 13.6. The van der Waals surface area contributed by atoms with Gasteiger partial charge in [-0.05, 0) is 13.0 Å². The maximum Gasteiger partial charge on any atom is 0.151 e. The van der Waals surface area contributed by atoms with E-state index in [2.05, 4.69) is 5.32 Å². The van der Waals surface area contributed by atoms with Crippen LogP contribution in [-0.2, 0) is 16.4 Å². The summed E-state index contributed by atoms with van der Waals surface area (Å²) in [6.45, 7) is 4.15. The van der Waals surface area contributed by atoms with Gasteiger partial charge in [0.25, 0.3) is 0 Å². The lowest BCUT2D eigenvalue weighted by atomic mass is 10.2. The van der Waals surface area contributed by atoms with E-state index >= 15 is 0 Å². The van der Waals surface area contributed by atoms with Crippen molar-refractivity contribution in [2.45, 2.75) is 26.4 Å². The first-order chi connectivity index (χ1) is 8.48. The summed E-state index contributed by atoms with van der Waals surface area (Å²) < 4.78 is 28.2. The highest BCUT2D eigenvalue weighted by Crippen LogP contribution is 2.16. The molecule has 1 rings (SSSR count). The fraction of sp³-hybridized carbons (Fsp3) is 0.538. The van der Waals surface area contributed by atoms with Crippen LogP contribution < -0.4 is 10.1 Å². The van der Waals surface area contributed by atoms with E-state index in [1.807, 2.05) is 31.2 Å². The second kappa shape index (κ2) is 6.75. The molecule has 0 saturated carbocycles. The number of hydrogen-bond acceptors (Lipinski definition) is 4. The van der Waals surface area contributed by atoms with E-state index in [0.717, 1.165) is 11.3 Å². The monoisotopic (exact) mass is 271 g/mol. The molecule has 0 aliphatic rings. The van der Waals surface area contributed by atoms with Gasteiger partial charge >= 0.3 is 0 Å². The third kappa shape index (κ3) is 4.66. The molecule has 1 N–H and O–H groups in total. The number of hydrogen-bond donors (Lipinski definition) is 1. The lowest BCUT2D eigenvalue weighted by molar-refractivity contribution is 0.406. The molecule has 5 heteroatoms. The first kappa shape index (κ1) is 15.0. The molecule has 1 aromatic carbocycles. The molecule has 0 amide bonds. The molecule has 0 spiro atoms. The van der Waals surface area contributed by atoms with E-state index < -0.39 is 9.84 Å². The minimum atomic E-state index is -2.93. The standard InChI is InChI=1S/C13H21NO3S/c1-4-18(15,16)10-11(2)14-9-12-7-5-6-8-13(12)17-3/h5-8,11,14H,4,9-10H2,1-3H3. The third-order valence-corrected chi connectivity index (χ3v) is 4.66. The van der Waals surface area contributed by atoms with Gasteiger partial charge < -0.3 is 10.1 Å². The number of rotatable bonds is 7. The maximum absolute atomic E-state index is 11.5. The normalized spacial score (nSPS) is 13.3. The molecule has 0 aliphatic carbocycles. The summed E-state index contributed by atoms with van der Waals surface area (Å²) in [5.41, 5.74) is 1.03. The fourth-order valence-corrected chi connectivity index (χ4v) is 2.81. The SMILES string of the molecule is CCS(=O)(=O)CC(C)NCc1ccccc1OC. The van der Waals surface area contributed by atoms with E-state index in [4.69, 9.17) is 4.74 Å². The second-order valence-corrected chi connectivity index (χ2v) is 6.69. The van der Waals surface area contributed by atoms with Crippen LogP contribution in [0.25, 0.3) is 0 Å². The van der Waals surface area contributed by atoms with Gasteiger partial charge in [-0.15, -0.1) is 0 Å². The zero-order valence-electron chi connectivity index (χ0n) is 11.1. The molecule has 0 heterocycles. The minimum absolute atomic E-state index is 0.0696. The summed E-state index contributed by atoms with van der Waals surface area (Å²) in [5, 5.41) is 3.20. The van der Waals surface area contributed by atoms with Gasteiger partial charge in [0.1, 0.15) is 5.75 Å². The lowest BCUT2D eigenvalue weighted by Gasteiger charge is -2.15. The molecule has 0 radical (unpaired) electrons. The summed E-state index contributed by atoms with van der Waals surface area (Å²) in [4.78, 5) is 0. The molecule has 0 bridgehead atoms. The predicted octanol–water partition coefficient (Wildman–Crippen LogP) is 1.61. The van der Waals surface area contributed by atoms with Crippen LogP contribution in [0, 0.1) is 0 Å². The van der Waals surface area contributed by atoms with Gasteiger partial charge in [-0.2, -0.15) is 0 Å². The van der Waals surface area contributed by atoms with Crippen LogP contribution in [0.1, 0.15) is 19.4 Å². The van der Waals surface area contributed by atoms with Gasteiger partial charge in [0.15, 0.2) is 9.84 Å². The maximum atomic E-state index is 11.5. The van der Waals surface area contributed by atoms with Crippen LogP contribution in [0.15, 0.2) is 24.3 Å². The van der Waals surface area contributed by atoms with Gasteiger partial charge in [-0.25, -0.2) is 8.42 Å². The van der Waals surface area contributed by atoms with Crippen LogP contribution in [0.5, 0.6) is 5.75 Å². The van der Waals surface area contributed by atoms with Gasteiger partial charge in [0.05, 0.1) is 12.9 Å². The lowest BCUT2D eigenvalue weighted by Crippen LogP contribution is -2.33. The number of nitrogens with one attached hydrogen (secondary N) is 1. The molecular formula is C13H21NO3S. The van der Waals surface area contributed by atoms with Crippen molar-refractivity contribution in [3.8, 4) is 5.75 Å². The van der Waals surface area contributed by atoms with E-state index in [9.17, 15) is 8.42 Å². The number of methoxy groups -OCH3 is 1. The van der Waals surface area contributed by atoms with E-state index in [0.29, 0.717) is 6.54 Å². The van der Waals surface area contributed by atoms with Crippen LogP contribution >= 0.6 is 0 Å². The van der Waals surface area contributed by atoms with Crippen molar-refractivity contribution in [1.29, 1.82) is 0 Å². The van der Waals surface area contributed by atoms with Gasteiger partial charge in [0, 0.05) is 23.9 Å². The highest BCUT2D eigenvalue weighted by Gasteiger charge is 2.13. The van der Waals surface area contributed by atoms with E-state index in [1.165, 1.54) is 0 Å². The molecule has 102 valence electrons. The van der Waals surface area contributed by atoms with Gasteiger partial charge in [0.2, 0.25) is 0 Å². The summed E-state index contributed by atoms with van der Waals surface area (Å²) in [6.07, 6.45) is 0. The van der Waals surface area contributed by atoms with Gasteiger partial charge in [-0.3, -0.25) is 0 Å². The fourth-order valence-electron chi connectivity index (χ4n) is 1.69. The largest absolute Gasteiger partial charge is 0.496 e. The number of ether oxygens (including phenoxy) is 1. The molecule has 4 nitrogen and oxygen atoms in total. The van der Waals surface area contributed by atoms with Crippen molar-refractivity contribution in [2.24, 2.45) is 0 Å². The van der Waals surface area contributed by atoms with Crippen LogP contribution in [0.4, 0.5) is 0 Å². The van der Waals surface area contributed by atoms with Crippen LogP contribution in [-0.4, -0.2) is 33.1 Å². The van der Waals surface area contributed by atoms with Crippen molar-refractivity contribution in [2.75, 3.05) is 18.6 Å². The number of benzene rings is 1. The summed E-state index contributed by atoms with van der Waals surface area (Å²) in [5.74, 6) is 1.17. The van der Waals surface area contributed by atoms with E-state index in [-0.39, 0.29) is 17.5 Å². The smallest absolute Gasteiger partial charge is 0.151 e. The molecule has 0 fully saturated rings. The van der Waals surface area contributed by atoms with Crippen molar-refractivity contribution in [1.82, 2.24) is 5.32 Å². The summed E-state index contributed by atoms with van der Waals surface area (Å²) in [6, 6.07) is 7.64.